The summed E-state index contributed by atoms with van der Waals surface area (Å²) < 4.78 is 5.54. The Balaban J connectivity index is 2.16. The summed E-state index contributed by atoms with van der Waals surface area (Å²) in [6, 6.07) is 2.07. The average Bonchev–Trinajstić information content (AvgIpc) is 2.62. The monoisotopic (exact) mass is 262 g/mol. The Bertz CT molecular complexity index is 407. The normalized spacial score (nSPS) is 27.8. The van der Waals surface area contributed by atoms with Crippen molar-refractivity contribution in [3.05, 3.63) is 24.0 Å². The van der Waals surface area contributed by atoms with Crippen LogP contribution in [0.3, 0.4) is 0 Å². The van der Waals surface area contributed by atoms with Gasteiger partial charge in [0.2, 0.25) is 0 Å². The maximum atomic E-state index is 6.67. The fourth-order valence-corrected chi connectivity index (χ4v) is 3.07. The van der Waals surface area contributed by atoms with Gasteiger partial charge in [0, 0.05) is 11.7 Å². The molecule has 0 spiro atoms. The van der Waals surface area contributed by atoms with E-state index in [9.17, 15) is 0 Å². The SMILES string of the molecule is CCOc1cncc(C2(N)CCCC(CC)CC2)c1. The van der Waals surface area contributed by atoms with Crippen LogP contribution in [0.1, 0.15) is 57.9 Å². The van der Waals surface area contributed by atoms with E-state index in [1.54, 1.807) is 6.20 Å². The maximum Gasteiger partial charge on any atom is 0.137 e. The number of hydrogen-bond donors (Lipinski definition) is 1. The molecule has 0 saturated heterocycles. The first-order chi connectivity index (χ1) is 9.18. The Morgan fingerprint density at radius 2 is 2.16 bits per heavy atom. The van der Waals surface area contributed by atoms with Gasteiger partial charge in [0.1, 0.15) is 5.75 Å². The third-order valence-electron chi connectivity index (χ3n) is 4.41. The van der Waals surface area contributed by atoms with Crippen LogP contribution in [-0.2, 0) is 5.54 Å². The third-order valence-corrected chi connectivity index (χ3v) is 4.41. The number of pyridine rings is 1. The number of ether oxygens (including phenoxy) is 1. The Kier molecular flexibility index (Phi) is 4.81. The molecule has 2 N–H and O–H groups in total. The summed E-state index contributed by atoms with van der Waals surface area (Å²) in [4.78, 5) is 4.29. The minimum atomic E-state index is -0.218. The molecule has 3 heteroatoms. The summed E-state index contributed by atoms with van der Waals surface area (Å²) in [5.41, 5.74) is 7.58. The van der Waals surface area contributed by atoms with Gasteiger partial charge in [0.25, 0.3) is 0 Å². The third kappa shape index (κ3) is 3.47. The molecular weight excluding hydrogens is 236 g/mol. The topological polar surface area (TPSA) is 48.1 Å². The lowest BCUT2D eigenvalue weighted by Crippen LogP contribution is -2.36. The molecule has 0 aliphatic heterocycles. The fraction of sp³-hybridized carbons (Fsp3) is 0.688. The smallest absolute Gasteiger partial charge is 0.137 e. The van der Waals surface area contributed by atoms with E-state index in [0.29, 0.717) is 6.61 Å². The predicted octanol–water partition coefficient (Wildman–Crippen LogP) is 3.62. The molecule has 2 rings (SSSR count). The molecule has 1 aliphatic carbocycles. The van der Waals surface area contributed by atoms with Gasteiger partial charge in [-0.1, -0.05) is 26.2 Å². The zero-order valence-electron chi connectivity index (χ0n) is 12.2. The van der Waals surface area contributed by atoms with Crippen molar-refractivity contribution in [3.63, 3.8) is 0 Å². The van der Waals surface area contributed by atoms with Crippen molar-refractivity contribution in [1.82, 2.24) is 4.98 Å². The summed E-state index contributed by atoms with van der Waals surface area (Å²) in [7, 11) is 0. The molecule has 3 nitrogen and oxygen atoms in total. The van der Waals surface area contributed by atoms with Crippen molar-refractivity contribution >= 4 is 0 Å². The van der Waals surface area contributed by atoms with Gasteiger partial charge in [-0.15, -0.1) is 0 Å². The highest BCUT2D eigenvalue weighted by molar-refractivity contribution is 5.29. The molecule has 2 unspecified atom stereocenters. The van der Waals surface area contributed by atoms with E-state index in [4.69, 9.17) is 10.5 Å². The van der Waals surface area contributed by atoms with Gasteiger partial charge in [-0.25, -0.2) is 0 Å². The fourth-order valence-electron chi connectivity index (χ4n) is 3.07. The largest absolute Gasteiger partial charge is 0.492 e. The molecule has 1 saturated carbocycles. The van der Waals surface area contributed by atoms with E-state index in [1.807, 2.05) is 13.1 Å². The highest BCUT2D eigenvalue weighted by Crippen LogP contribution is 2.37. The Morgan fingerprint density at radius 1 is 1.32 bits per heavy atom. The second-order valence-electron chi connectivity index (χ2n) is 5.70. The molecule has 19 heavy (non-hydrogen) atoms. The molecule has 1 fully saturated rings. The Morgan fingerprint density at radius 3 is 2.89 bits per heavy atom. The second-order valence-corrected chi connectivity index (χ2v) is 5.70. The van der Waals surface area contributed by atoms with Crippen molar-refractivity contribution in [2.75, 3.05) is 6.61 Å². The Labute approximate surface area is 116 Å². The molecule has 1 aromatic heterocycles. The van der Waals surface area contributed by atoms with Gasteiger partial charge >= 0.3 is 0 Å². The summed E-state index contributed by atoms with van der Waals surface area (Å²) >= 11 is 0. The highest BCUT2D eigenvalue weighted by Gasteiger charge is 2.31. The van der Waals surface area contributed by atoms with Crippen molar-refractivity contribution in [1.29, 1.82) is 0 Å². The minimum absolute atomic E-state index is 0.218. The average molecular weight is 262 g/mol. The first kappa shape index (κ1) is 14.3. The number of nitrogens with two attached hydrogens (primary N) is 1. The van der Waals surface area contributed by atoms with Gasteiger partial charge in [-0.05, 0) is 43.7 Å². The standard InChI is InChI=1S/C16H26N2O/c1-3-13-6-5-8-16(17,9-7-13)14-10-15(19-4-2)12-18-11-14/h10-13H,3-9,17H2,1-2H3. The summed E-state index contributed by atoms with van der Waals surface area (Å²) in [5, 5.41) is 0. The molecule has 0 bridgehead atoms. The van der Waals surface area contributed by atoms with Crippen LogP contribution in [0.25, 0.3) is 0 Å². The lowest BCUT2D eigenvalue weighted by Gasteiger charge is -2.28. The van der Waals surface area contributed by atoms with Crippen molar-refractivity contribution in [2.24, 2.45) is 11.7 Å². The van der Waals surface area contributed by atoms with Crippen LogP contribution in [0, 0.1) is 5.92 Å². The summed E-state index contributed by atoms with van der Waals surface area (Å²) in [6.07, 6.45) is 10.8. The lowest BCUT2D eigenvalue weighted by molar-refractivity contribution is 0.332. The molecular formula is C16H26N2O. The van der Waals surface area contributed by atoms with E-state index in [-0.39, 0.29) is 5.54 Å². The van der Waals surface area contributed by atoms with E-state index in [0.717, 1.165) is 30.1 Å². The van der Waals surface area contributed by atoms with E-state index in [2.05, 4.69) is 18.0 Å². The molecule has 1 aliphatic rings. The molecule has 0 amide bonds. The molecule has 0 radical (unpaired) electrons. The van der Waals surface area contributed by atoms with E-state index < -0.39 is 0 Å². The van der Waals surface area contributed by atoms with Gasteiger partial charge in [0.05, 0.1) is 12.8 Å². The van der Waals surface area contributed by atoms with Crippen LogP contribution in [0.4, 0.5) is 0 Å². The summed E-state index contributed by atoms with van der Waals surface area (Å²) in [5.74, 6) is 1.68. The number of nitrogens with zero attached hydrogens (tertiary/aromatic N) is 1. The first-order valence-electron chi connectivity index (χ1n) is 7.55. The van der Waals surface area contributed by atoms with Crippen LogP contribution in [0.2, 0.25) is 0 Å². The lowest BCUT2D eigenvalue weighted by atomic mass is 9.84. The van der Waals surface area contributed by atoms with Crippen molar-refractivity contribution in [3.8, 4) is 5.75 Å². The zero-order valence-corrected chi connectivity index (χ0v) is 12.2. The van der Waals surface area contributed by atoms with Crippen LogP contribution in [0.5, 0.6) is 5.75 Å². The summed E-state index contributed by atoms with van der Waals surface area (Å²) in [6.45, 7) is 4.94. The Hall–Kier alpha value is -1.09. The minimum Gasteiger partial charge on any atom is -0.492 e. The zero-order chi connectivity index (χ0) is 13.7. The molecule has 0 aromatic carbocycles. The number of hydrogen-bond acceptors (Lipinski definition) is 3. The van der Waals surface area contributed by atoms with Crippen molar-refractivity contribution in [2.45, 2.75) is 57.9 Å². The molecule has 1 aromatic rings. The first-order valence-corrected chi connectivity index (χ1v) is 7.55. The van der Waals surface area contributed by atoms with E-state index in [1.165, 1.54) is 25.7 Å². The van der Waals surface area contributed by atoms with Crippen LogP contribution >= 0.6 is 0 Å². The van der Waals surface area contributed by atoms with Gasteiger partial charge in [-0.3, -0.25) is 4.98 Å². The van der Waals surface area contributed by atoms with E-state index >= 15 is 0 Å². The van der Waals surface area contributed by atoms with Crippen LogP contribution < -0.4 is 10.5 Å². The van der Waals surface area contributed by atoms with Gasteiger partial charge < -0.3 is 10.5 Å². The molecule has 2 atom stereocenters. The van der Waals surface area contributed by atoms with Crippen LogP contribution in [0.15, 0.2) is 18.5 Å². The highest BCUT2D eigenvalue weighted by atomic mass is 16.5. The number of rotatable bonds is 4. The maximum absolute atomic E-state index is 6.67. The van der Waals surface area contributed by atoms with Gasteiger partial charge in [-0.2, -0.15) is 0 Å². The quantitative estimate of drug-likeness (QED) is 0.843. The van der Waals surface area contributed by atoms with Crippen LogP contribution in [-0.4, -0.2) is 11.6 Å². The second kappa shape index (κ2) is 6.38. The predicted molar refractivity (Wildman–Crippen MR) is 78.1 cm³/mol. The molecule has 1 heterocycles. The van der Waals surface area contributed by atoms with Gasteiger partial charge in [0.15, 0.2) is 0 Å². The number of aromatic nitrogens is 1. The molecule has 106 valence electrons. The van der Waals surface area contributed by atoms with Crippen molar-refractivity contribution < 1.29 is 4.74 Å².